The summed E-state index contributed by atoms with van der Waals surface area (Å²) in [6, 6.07) is 0. The molecule has 122 valence electrons. The van der Waals surface area contributed by atoms with Gasteiger partial charge in [0, 0.05) is 5.41 Å². The van der Waals surface area contributed by atoms with E-state index in [1.54, 1.807) is 0 Å². The number of hydrogen-bond acceptors (Lipinski definition) is 6. The lowest BCUT2D eigenvalue weighted by atomic mass is 9.65. The fourth-order valence-electron chi connectivity index (χ4n) is 3.05. The number of nitrogens with two attached hydrogens (primary N) is 6. The van der Waals surface area contributed by atoms with Gasteiger partial charge in [0.15, 0.2) is 0 Å². The highest BCUT2D eigenvalue weighted by Gasteiger charge is 2.43. The van der Waals surface area contributed by atoms with Crippen molar-refractivity contribution in [2.45, 2.75) is 57.0 Å². The first kappa shape index (κ1) is 19.8. The molecular formula is C14H36N6. The van der Waals surface area contributed by atoms with Crippen molar-refractivity contribution in [1.82, 2.24) is 0 Å². The van der Waals surface area contributed by atoms with Gasteiger partial charge in [0.1, 0.15) is 0 Å². The zero-order valence-electron chi connectivity index (χ0n) is 12.9. The summed E-state index contributed by atoms with van der Waals surface area (Å²) in [6.45, 7) is 2.57. The SMILES string of the molecule is NCCCC(N)(N)C(CCCN)(CCCN)CCCN. The van der Waals surface area contributed by atoms with Gasteiger partial charge in [-0.3, -0.25) is 0 Å². The number of hydrogen-bond donors (Lipinski definition) is 6. The van der Waals surface area contributed by atoms with E-state index >= 15 is 0 Å². The highest BCUT2D eigenvalue weighted by atomic mass is 15.0. The average Bonchev–Trinajstić information content (AvgIpc) is 2.44. The molecule has 0 aromatic heterocycles. The molecule has 20 heavy (non-hydrogen) atoms. The average molecular weight is 288 g/mol. The Hall–Kier alpha value is -0.240. The molecule has 0 atom stereocenters. The quantitative estimate of drug-likeness (QED) is 0.252. The third kappa shape index (κ3) is 6.03. The summed E-state index contributed by atoms with van der Waals surface area (Å²) in [6.07, 6.45) is 7.13. The van der Waals surface area contributed by atoms with Gasteiger partial charge in [-0.2, -0.15) is 0 Å². The van der Waals surface area contributed by atoms with Crippen LogP contribution in [0.2, 0.25) is 0 Å². The Balaban J connectivity index is 5.08. The van der Waals surface area contributed by atoms with Crippen LogP contribution >= 0.6 is 0 Å². The van der Waals surface area contributed by atoms with Crippen LogP contribution in [0.25, 0.3) is 0 Å². The largest absolute Gasteiger partial charge is 0.330 e. The van der Waals surface area contributed by atoms with Crippen molar-refractivity contribution in [3.05, 3.63) is 0 Å². The van der Waals surface area contributed by atoms with Crippen LogP contribution in [0.4, 0.5) is 0 Å². The molecule has 6 heteroatoms. The van der Waals surface area contributed by atoms with E-state index in [1.807, 2.05) is 0 Å². The lowest BCUT2D eigenvalue weighted by molar-refractivity contribution is 0.0699. The van der Waals surface area contributed by atoms with E-state index < -0.39 is 5.66 Å². The Kier molecular flexibility index (Phi) is 10.4. The first-order chi connectivity index (χ1) is 9.49. The second-order valence-electron chi connectivity index (χ2n) is 5.89. The van der Waals surface area contributed by atoms with Crippen LogP contribution in [0, 0.1) is 5.41 Å². The van der Waals surface area contributed by atoms with Gasteiger partial charge in [-0.25, -0.2) is 0 Å². The monoisotopic (exact) mass is 288 g/mol. The van der Waals surface area contributed by atoms with Crippen molar-refractivity contribution in [3.63, 3.8) is 0 Å². The summed E-state index contributed by atoms with van der Waals surface area (Å²) in [4.78, 5) is 0. The molecule has 0 rings (SSSR count). The Bertz CT molecular complexity index is 210. The molecule has 0 bridgehead atoms. The third-order valence-electron chi connectivity index (χ3n) is 4.36. The molecule has 0 saturated carbocycles. The minimum absolute atomic E-state index is 0.139. The van der Waals surface area contributed by atoms with Crippen molar-refractivity contribution in [2.24, 2.45) is 39.8 Å². The molecule has 0 amide bonds. The van der Waals surface area contributed by atoms with E-state index in [-0.39, 0.29) is 5.41 Å². The molecule has 0 aromatic carbocycles. The van der Waals surface area contributed by atoms with Crippen LogP contribution in [0.5, 0.6) is 0 Å². The summed E-state index contributed by atoms with van der Waals surface area (Å²) in [5.41, 5.74) is 34.8. The van der Waals surface area contributed by atoms with Gasteiger partial charge in [0.2, 0.25) is 0 Å². The van der Waals surface area contributed by atoms with Crippen LogP contribution in [0.15, 0.2) is 0 Å². The Morgan fingerprint density at radius 3 is 1.10 bits per heavy atom. The first-order valence-corrected chi connectivity index (χ1v) is 7.87. The number of rotatable bonds is 13. The molecule has 0 aliphatic carbocycles. The van der Waals surface area contributed by atoms with E-state index in [9.17, 15) is 0 Å². The van der Waals surface area contributed by atoms with Crippen molar-refractivity contribution in [3.8, 4) is 0 Å². The van der Waals surface area contributed by atoms with Gasteiger partial charge in [-0.15, -0.1) is 0 Å². The van der Waals surface area contributed by atoms with Gasteiger partial charge in [0.05, 0.1) is 5.66 Å². The molecule has 0 unspecified atom stereocenters. The van der Waals surface area contributed by atoms with Crippen LogP contribution < -0.4 is 34.4 Å². The molecule has 0 aliphatic rings. The maximum absolute atomic E-state index is 6.50. The fraction of sp³-hybridized carbons (Fsp3) is 1.00. The van der Waals surface area contributed by atoms with Crippen LogP contribution in [0.3, 0.4) is 0 Å². The van der Waals surface area contributed by atoms with Crippen molar-refractivity contribution < 1.29 is 0 Å². The molecule has 0 aliphatic heterocycles. The minimum Gasteiger partial charge on any atom is -0.330 e. The van der Waals surface area contributed by atoms with E-state index in [1.165, 1.54) is 0 Å². The fourth-order valence-corrected chi connectivity index (χ4v) is 3.05. The van der Waals surface area contributed by atoms with Crippen LogP contribution in [-0.4, -0.2) is 31.8 Å². The van der Waals surface area contributed by atoms with Crippen LogP contribution in [0.1, 0.15) is 51.4 Å². The highest BCUT2D eigenvalue weighted by Crippen LogP contribution is 2.43. The third-order valence-corrected chi connectivity index (χ3v) is 4.36. The van der Waals surface area contributed by atoms with E-state index in [4.69, 9.17) is 34.4 Å². The molecule has 0 heterocycles. The molecule has 12 N–H and O–H groups in total. The normalized spacial score (nSPS) is 12.9. The van der Waals surface area contributed by atoms with E-state index in [0.29, 0.717) is 26.2 Å². The molecule has 0 aromatic rings. The van der Waals surface area contributed by atoms with Gasteiger partial charge in [0.25, 0.3) is 0 Å². The second-order valence-corrected chi connectivity index (χ2v) is 5.89. The van der Waals surface area contributed by atoms with Crippen molar-refractivity contribution in [1.29, 1.82) is 0 Å². The van der Waals surface area contributed by atoms with Gasteiger partial charge in [-0.05, 0) is 77.5 Å². The molecule has 0 spiro atoms. The maximum Gasteiger partial charge on any atom is 0.0694 e. The van der Waals surface area contributed by atoms with Crippen molar-refractivity contribution in [2.75, 3.05) is 26.2 Å². The van der Waals surface area contributed by atoms with Gasteiger partial charge in [-0.1, -0.05) is 0 Å². The summed E-state index contributed by atoms with van der Waals surface area (Å²) >= 11 is 0. The molecular weight excluding hydrogens is 252 g/mol. The summed E-state index contributed by atoms with van der Waals surface area (Å²) in [7, 11) is 0. The highest BCUT2D eigenvalue weighted by molar-refractivity contribution is 4.98. The predicted molar refractivity (Wildman–Crippen MR) is 86.7 cm³/mol. The Morgan fingerprint density at radius 2 is 0.800 bits per heavy atom. The molecule has 0 fully saturated rings. The molecule has 0 radical (unpaired) electrons. The molecule has 0 saturated heterocycles. The zero-order valence-corrected chi connectivity index (χ0v) is 12.9. The smallest absolute Gasteiger partial charge is 0.0694 e. The van der Waals surface area contributed by atoms with Gasteiger partial charge >= 0.3 is 0 Å². The standard InChI is InChI=1S/C14H36N6/c15-9-1-5-13(6-2-10-16,7-3-11-17)14(19,20)8-4-12-18/h1-12,15-20H2. The second kappa shape index (κ2) is 10.5. The van der Waals surface area contributed by atoms with E-state index in [0.717, 1.165) is 51.4 Å². The Labute approximate surface area is 124 Å². The van der Waals surface area contributed by atoms with Gasteiger partial charge < -0.3 is 34.4 Å². The van der Waals surface area contributed by atoms with E-state index in [2.05, 4.69) is 0 Å². The summed E-state index contributed by atoms with van der Waals surface area (Å²) < 4.78 is 0. The predicted octanol–water partition coefficient (Wildman–Crippen LogP) is -0.458. The minimum atomic E-state index is -0.730. The molecule has 6 nitrogen and oxygen atoms in total. The first-order valence-electron chi connectivity index (χ1n) is 7.87. The Morgan fingerprint density at radius 1 is 0.500 bits per heavy atom. The summed E-state index contributed by atoms with van der Waals surface area (Å²) in [5, 5.41) is 0. The zero-order chi connectivity index (χ0) is 15.5. The topological polar surface area (TPSA) is 156 Å². The van der Waals surface area contributed by atoms with Crippen LogP contribution in [-0.2, 0) is 0 Å². The summed E-state index contributed by atoms with van der Waals surface area (Å²) in [5.74, 6) is 0. The lowest BCUT2D eigenvalue weighted by Gasteiger charge is -2.47. The van der Waals surface area contributed by atoms with Crippen molar-refractivity contribution >= 4 is 0 Å². The maximum atomic E-state index is 6.50. The lowest BCUT2D eigenvalue weighted by Crippen LogP contribution is -2.63.